The number of fused-ring (bicyclic) bond motifs is 1. The average Bonchev–Trinajstić information content (AvgIpc) is 3.31. The number of benzene rings is 2. The van der Waals surface area contributed by atoms with Crippen LogP contribution < -0.4 is 16.6 Å². The van der Waals surface area contributed by atoms with Gasteiger partial charge >= 0.3 is 5.69 Å². The van der Waals surface area contributed by atoms with Gasteiger partial charge in [-0.05, 0) is 55.0 Å². The van der Waals surface area contributed by atoms with Crippen LogP contribution in [0.1, 0.15) is 28.7 Å². The molecule has 0 spiro atoms. The van der Waals surface area contributed by atoms with Crippen LogP contribution in [-0.4, -0.2) is 51.4 Å². The van der Waals surface area contributed by atoms with Gasteiger partial charge in [0.1, 0.15) is 12.4 Å². The molecule has 2 aromatic carbocycles. The van der Waals surface area contributed by atoms with E-state index in [1.54, 1.807) is 4.90 Å². The Bertz CT molecular complexity index is 1300. The van der Waals surface area contributed by atoms with Crippen molar-refractivity contribution in [3.63, 3.8) is 0 Å². The summed E-state index contributed by atoms with van der Waals surface area (Å²) in [4.78, 5) is 44.9. The molecule has 8 nitrogen and oxygen atoms in total. The van der Waals surface area contributed by atoms with Gasteiger partial charge < -0.3 is 10.2 Å². The normalized spacial score (nSPS) is 15.7. The van der Waals surface area contributed by atoms with Crippen LogP contribution in [0.3, 0.4) is 0 Å². The Morgan fingerprint density at radius 3 is 2.43 bits per heavy atom. The smallest absolute Gasteiger partial charge is 0.330 e. The molecule has 5 rings (SSSR count). The summed E-state index contributed by atoms with van der Waals surface area (Å²) in [5.41, 5.74) is 4.89. The first-order valence-corrected chi connectivity index (χ1v) is 12.2. The molecule has 0 unspecified atom stereocenters. The minimum absolute atomic E-state index is 0.216. The highest BCUT2D eigenvalue weighted by Crippen LogP contribution is 2.25. The van der Waals surface area contributed by atoms with Crippen molar-refractivity contribution in [2.75, 3.05) is 31.5 Å². The van der Waals surface area contributed by atoms with Gasteiger partial charge in [-0.25, -0.2) is 4.79 Å². The Morgan fingerprint density at radius 1 is 0.943 bits per heavy atom. The van der Waals surface area contributed by atoms with Crippen LogP contribution in [0, 0.1) is 6.92 Å². The maximum atomic E-state index is 12.8. The summed E-state index contributed by atoms with van der Waals surface area (Å²) in [5.74, 6) is 0.110. The minimum Gasteiger partial charge on any atom is -0.342 e. The standard InChI is InChI=1S/C27H31N5O3/c1-19-5-7-20(8-6-19)17-30-11-13-31(14-12-30)26(34)18-32-25(33)16-24(29-27(32)35)28-23-10-9-21-3-2-4-22(21)15-23/h5-10,15-16,28H,2-4,11-14,17-18H2,1H3,(H,29,35). The highest BCUT2D eigenvalue weighted by atomic mass is 16.2. The number of hydrogen-bond donors (Lipinski definition) is 2. The van der Waals surface area contributed by atoms with Gasteiger partial charge in [0.05, 0.1) is 0 Å². The molecule has 2 heterocycles. The van der Waals surface area contributed by atoms with Gasteiger partial charge in [0, 0.05) is 44.5 Å². The number of carbonyl (C=O) groups excluding carboxylic acids is 1. The molecule has 1 aliphatic carbocycles. The quantitative estimate of drug-likeness (QED) is 0.574. The van der Waals surface area contributed by atoms with E-state index < -0.39 is 11.2 Å². The number of amides is 1. The third-order valence-electron chi connectivity index (χ3n) is 6.94. The largest absolute Gasteiger partial charge is 0.342 e. The van der Waals surface area contributed by atoms with Crippen LogP contribution in [0.4, 0.5) is 11.5 Å². The lowest BCUT2D eigenvalue weighted by atomic mass is 10.1. The number of carbonyl (C=O) groups is 1. The Labute approximate surface area is 204 Å². The first kappa shape index (κ1) is 23.1. The second-order valence-corrected chi connectivity index (χ2v) is 9.52. The zero-order valence-corrected chi connectivity index (χ0v) is 20.0. The van der Waals surface area contributed by atoms with E-state index in [4.69, 9.17) is 0 Å². The van der Waals surface area contributed by atoms with Crippen LogP contribution in [0.2, 0.25) is 0 Å². The molecule has 1 fully saturated rings. The highest BCUT2D eigenvalue weighted by molar-refractivity contribution is 5.76. The summed E-state index contributed by atoms with van der Waals surface area (Å²) >= 11 is 0. The number of aromatic amines is 1. The number of piperazine rings is 1. The molecule has 1 aliphatic heterocycles. The van der Waals surface area contributed by atoms with Gasteiger partial charge in [0.25, 0.3) is 5.56 Å². The molecule has 0 saturated carbocycles. The molecule has 0 atom stereocenters. The number of rotatable bonds is 6. The molecule has 8 heteroatoms. The molecule has 2 aliphatic rings. The van der Waals surface area contributed by atoms with Gasteiger partial charge in [-0.1, -0.05) is 35.9 Å². The van der Waals surface area contributed by atoms with E-state index in [1.165, 1.54) is 28.3 Å². The van der Waals surface area contributed by atoms with Gasteiger partial charge in [-0.2, -0.15) is 0 Å². The first-order valence-electron chi connectivity index (χ1n) is 12.2. The number of nitrogens with one attached hydrogen (secondary N) is 2. The predicted molar refractivity (Wildman–Crippen MR) is 136 cm³/mol. The fraction of sp³-hybridized carbons (Fsp3) is 0.370. The summed E-state index contributed by atoms with van der Waals surface area (Å²) in [7, 11) is 0. The molecular formula is C27H31N5O3. The van der Waals surface area contributed by atoms with Crippen molar-refractivity contribution < 1.29 is 4.79 Å². The van der Waals surface area contributed by atoms with Crippen molar-refractivity contribution >= 4 is 17.4 Å². The first-order chi connectivity index (χ1) is 16.9. The van der Waals surface area contributed by atoms with E-state index in [9.17, 15) is 14.4 Å². The second kappa shape index (κ2) is 9.92. The van der Waals surface area contributed by atoms with Crippen LogP contribution in [0.5, 0.6) is 0 Å². The number of anilines is 2. The summed E-state index contributed by atoms with van der Waals surface area (Å²) in [6.45, 7) is 5.34. The fourth-order valence-electron chi connectivity index (χ4n) is 4.88. The Hall–Kier alpha value is -3.65. The number of nitrogens with zero attached hydrogens (tertiary/aromatic N) is 3. The molecule has 35 heavy (non-hydrogen) atoms. The van der Waals surface area contributed by atoms with Gasteiger partial charge in [0.15, 0.2) is 0 Å². The van der Waals surface area contributed by atoms with Crippen molar-refractivity contribution in [3.05, 3.63) is 91.6 Å². The van der Waals surface area contributed by atoms with Crippen LogP contribution in [-0.2, 0) is 30.7 Å². The van der Waals surface area contributed by atoms with Crippen molar-refractivity contribution in [1.29, 1.82) is 0 Å². The van der Waals surface area contributed by atoms with Crippen LogP contribution in [0.15, 0.2) is 58.1 Å². The molecule has 182 valence electrons. The summed E-state index contributed by atoms with van der Waals surface area (Å²) in [5, 5.41) is 3.12. The van der Waals surface area contributed by atoms with Gasteiger partial charge in [0.2, 0.25) is 5.91 Å². The monoisotopic (exact) mass is 473 g/mol. The highest BCUT2D eigenvalue weighted by Gasteiger charge is 2.22. The van der Waals surface area contributed by atoms with E-state index in [-0.39, 0.29) is 12.5 Å². The van der Waals surface area contributed by atoms with E-state index in [1.807, 2.05) is 6.07 Å². The number of aryl methyl sites for hydroxylation is 3. The maximum Gasteiger partial charge on any atom is 0.330 e. The van der Waals surface area contributed by atoms with E-state index in [0.717, 1.165) is 49.2 Å². The topological polar surface area (TPSA) is 90.4 Å². The van der Waals surface area contributed by atoms with E-state index >= 15 is 0 Å². The maximum absolute atomic E-state index is 12.8. The molecule has 1 saturated heterocycles. The fourth-order valence-corrected chi connectivity index (χ4v) is 4.88. The lowest BCUT2D eigenvalue weighted by molar-refractivity contribution is -0.133. The Morgan fingerprint density at radius 2 is 1.69 bits per heavy atom. The molecular weight excluding hydrogens is 442 g/mol. The van der Waals surface area contributed by atoms with Crippen LogP contribution in [0.25, 0.3) is 0 Å². The Kier molecular flexibility index (Phi) is 6.55. The van der Waals surface area contributed by atoms with Crippen LogP contribution >= 0.6 is 0 Å². The lowest BCUT2D eigenvalue weighted by Crippen LogP contribution is -2.50. The number of aromatic nitrogens is 2. The average molecular weight is 474 g/mol. The molecule has 0 radical (unpaired) electrons. The number of hydrogen-bond acceptors (Lipinski definition) is 5. The number of H-pyrrole nitrogens is 1. The van der Waals surface area contributed by atoms with Crippen molar-refractivity contribution in [1.82, 2.24) is 19.4 Å². The van der Waals surface area contributed by atoms with E-state index in [2.05, 4.69) is 58.5 Å². The SMILES string of the molecule is Cc1ccc(CN2CCN(C(=O)Cn3c(=O)cc(Nc4ccc5c(c4)CCC5)[nH]c3=O)CC2)cc1. The summed E-state index contributed by atoms with van der Waals surface area (Å²) in [6.07, 6.45) is 3.30. The van der Waals surface area contributed by atoms with Crippen molar-refractivity contribution in [2.45, 2.75) is 39.3 Å². The minimum atomic E-state index is -0.590. The molecule has 2 N–H and O–H groups in total. The predicted octanol–water partition coefficient (Wildman–Crippen LogP) is 2.42. The third-order valence-corrected chi connectivity index (χ3v) is 6.94. The third kappa shape index (κ3) is 5.38. The van der Waals surface area contributed by atoms with Crippen molar-refractivity contribution in [2.24, 2.45) is 0 Å². The zero-order chi connectivity index (χ0) is 24.4. The Balaban J connectivity index is 1.18. The summed E-state index contributed by atoms with van der Waals surface area (Å²) in [6, 6.07) is 15.9. The molecule has 0 bridgehead atoms. The molecule has 1 aromatic heterocycles. The zero-order valence-electron chi connectivity index (χ0n) is 20.0. The van der Waals surface area contributed by atoms with Gasteiger partial charge in [-0.3, -0.25) is 24.0 Å². The molecule has 1 amide bonds. The molecule has 3 aromatic rings. The van der Waals surface area contributed by atoms with Crippen molar-refractivity contribution in [3.8, 4) is 0 Å². The summed E-state index contributed by atoms with van der Waals surface area (Å²) < 4.78 is 0.967. The lowest BCUT2D eigenvalue weighted by Gasteiger charge is -2.34. The van der Waals surface area contributed by atoms with E-state index in [0.29, 0.717) is 18.9 Å². The van der Waals surface area contributed by atoms with Gasteiger partial charge in [-0.15, -0.1) is 0 Å². The second-order valence-electron chi connectivity index (χ2n) is 9.52.